The Labute approximate surface area is 184 Å². The normalized spacial score (nSPS) is 26.4. The molecule has 2 rings (SSSR count). The summed E-state index contributed by atoms with van der Waals surface area (Å²) in [6.45, 7) is 9.81. The highest BCUT2D eigenvalue weighted by molar-refractivity contribution is 8.00. The van der Waals surface area contributed by atoms with Gasteiger partial charge in [0.05, 0.1) is 36.0 Å². The highest BCUT2D eigenvalue weighted by Gasteiger charge is 2.49. The molecule has 0 spiro atoms. The Kier molecular flexibility index (Phi) is 9.65. The molecule has 0 radical (unpaired) electrons. The van der Waals surface area contributed by atoms with E-state index >= 15 is 0 Å². The number of hydrogen-bond donors (Lipinski definition) is 2. The van der Waals surface area contributed by atoms with Gasteiger partial charge in [0.15, 0.2) is 0 Å². The second-order valence-electron chi connectivity index (χ2n) is 7.92. The number of ether oxygens (including phenoxy) is 2. The molecule has 3 N–H and O–H groups in total. The van der Waals surface area contributed by atoms with E-state index < -0.39 is 18.1 Å². The van der Waals surface area contributed by atoms with Crippen molar-refractivity contribution < 1.29 is 19.1 Å². The maximum atomic E-state index is 12.9. The third kappa shape index (κ3) is 6.46. The van der Waals surface area contributed by atoms with Gasteiger partial charge >= 0.3 is 5.97 Å². The van der Waals surface area contributed by atoms with Crippen LogP contribution in [0.4, 0.5) is 0 Å². The minimum absolute atomic E-state index is 0.0283. The van der Waals surface area contributed by atoms with Crippen LogP contribution in [0.2, 0.25) is 0 Å². The molecule has 1 aliphatic carbocycles. The summed E-state index contributed by atoms with van der Waals surface area (Å²) in [6.07, 6.45) is 1.77. The molecule has 0 saturated heterocycles. The molecule has 6 nitrogen and oxygen atoms in total. The van der Waals surface area contributed by atoms with E-state index in [0.717, 1.165) is 17.7 Å². The van der Waals surface area contributed by atoms with Gasteiger partial charge in [0.1, 0.15) is 0 Å². The van der Waals surface area contributed by atoms with Crippen LogP contribution < -0.4 is 11.1 Å². The van der Waals surface area contributed by atoms with Crippen molar-refractivity contribution in [2.75, 3.05) is 6.61 Å². The molecule has 0 bridgehead atoms. The zero-order valence-corrected chi connectivity index (χ0v) is 19.5. The number of esters is 1. The Morgan fingerprint density at radius 3 is 2.37 bits per heavy atom. The standard InChI is InChI=1S/C23H36N2O4S/c1-6-16(7-2)29-21-20(25-15(5)26)19(24)13-18(23(27)28-8-3)22(21)30-17-11-9-14(4)10-12-17/h9-12,16,18-22H,6-8,13,24H2,1-5H3,(H,25,26)/t18-,19+,20-,21+,22-/m1/s1. The van der Waals surface area contributed by atoms with E-state index in [1.54, 1.807) is 18.7 Å². The zero-order chi connectivity index (χ0) is 22.3. The minimum atomic E-state index is -0.407. The first-order chi connectivity index (χ1) is 14.3. The number of carbonyl (C=O) groups is 2. The van der Waals surface area contributed by atoms with E-state index in [4.69, 9.17) is 15.2 Å². The van der Waals surface area contributed by atoms with E-state index in [2.05, 4.69) is 43.4 Å². The Hall–Kier alpha value is -1.57. The van der Waals surface area contributed by atoms with Crippen LogP contribution in [-0.4, -0.2) is 48.0 Å². The summed E-state index contributed by atoms with van der Waals surface area (Å²) in [4.78, 5) is 25.8. The molecule has 1 amide bonds. The minimum Gasteiger partial charge on any atom is -0.466 e. The number of nitrogens with one attached hydrogen (secondary N) is 1. The molecule has 1 fully saturated rings. The number of aryl methyl sites for hydroxylation is 1. The first kappa shape index (κ1) is 24.7. The molecular weight excluding hydrogens is 400 g/mol. The van der Waals surface area contributed by atoms with Crippen LogP contribution in [0.1, 0.15) is 52.5 Å². The maximum Gasteiger partial charge on any atom is 0.310 e. The number of benzene rings is 1. The number of nitrogens with two attached hydrogens (primary N) is 1. The van der Waals surface area contributed by atoms with E-state index in [1.165, 1.54) is 12.5 Å². The van der Waals surface area contributed by atoms with Crippen molar-refractivity contribution in [1.82, 2.24) is 5.32 Å². The highest BCUT2D eigenvalue weighted by Crippen LogP contribution is 2.40. The molecule has 1 saturated carbocycles. The number of amides is 1. The quantitative estimate of drug-likeness (QED) is 0.576. The Morgan fingerprint density at radius 1 is 1.20 bits per heavy atom. The SMILES string of the molecule is CCOC(=O)[C@@H]1C[C@H](N)[C@@H](NC(C)=O)[C@H](OC(CC)CC)[C@@H]1Sc1ccc(C)cc1. The average Bonchev–Trinajstić information content (AvgIpc) is 2.71. The third-order valence-electron chi connectivity index (χ3n) is 5.57. The van der Waals surface area contributed by atoms with Crippen molar-refractivity contribution in [3.63, 3.8) is 0 Å². The summed E-state index contributed by atoms with van der Waals surface area (Å²) in [6, 6.07) is 7.46. The fourth-order valence-electron chi connectivity index (χ4n) is 3.94. The van der Waals surface area contributed by atoms with E-state index in [-0.39, 0.29) is 29.3 Å². The van der Waals surface area contributed by atoms with Crippen LogP contribution in [-0.2, 0) is 19.1 Å². The molecule has 1 aliphatic rings. The number of thioether (sulfide) groups is 1. The molecule has 0 heterocycles. The monoisotopic (exact) mass is 436 g/mol. The maximum absolute atomic E-state index is 12.9. The summed E-state index contributed by atoms with van der Waals surface area (Å²) < 4.78 is 11.9. The lowest BCUT2D eigenvalue weighted by atomic mass is 9.79. The molecule has 7 heteroatoms. The van der Waals surface area contributed by atoms with Crippen LogP contribution >= 0.6 is 11.8 Å². The van der Waals surface area contributed by atoms with E-state index in [1.807, 2.05) is 6.92 Å². The number of rotatable bonds is 9. The van der Waals surface area contributed by atoms with Gasteiger partial charge in [-0.15, -0.1) is 11.8 Å². The molecule has 1 aromatic rings. The summed E-state index contributed by atoms with van der Waals surface area (Å²) in [7, 11) is 0. The summed E-state index contributed by atoms with van der Waals surface area (Å²) in [5.41, 5.74) is 7.64. The first-order valence-electron chi connectivity index (χ1n) is 10.9. The van der Waals surface area contributed by atoms with Gasteiger partial charge in [0.25, 0.3) is 0 Å². The van der Waals surface area contributed by atoms with Gasteiger partial charge in [0, 0.05) is 17.9 Å². The van der Waals surface area contributed by atoms with Crippen molar-refractivity contribution in [1.29, 1.82) is 0 Å². The molecule has 0 aliphatic heterocycles. The smallest absolute Gasteiger partial charge is 0.310 e. The van der Waals surface area contributed by atoms with Gasteiger partial charge in [-0.3, -0.25) is 9.59 Å². The van der Waals surface area contributed by atoms with Gasteiger partial charge in [-0.1, -0.05) is 31.5 Å². The topological polar surface area (TPSA) is 90.6 Å². The third-order valence-corrected chi connectivity index (χ3v) is 6.99. The van der Waals surface area contributed by atoms with Crippen molar-refractivity contribution >= 4 is 23.6 Å². The predicted octanol–water partition coefficient (Wildman–Crippen LogP) is 3.44. The van der Waals surface area contributed by atoms with Gasteiger partial charge in [-0.25, -0.2) is 0 Å². The fraction of sp³-hybridized carbons (Fsp3) is 0.652. The van der Waals surface area contributed by atoms with Crippen molar-refractivity contribution in [2.24, 2.45) is 11.7 Å². The van der Waals surface area contributed by atoms with Crippen LogP contribution in [0.15, 0.2) is 29.2 Å². The lowest BCUT2D eigenvalue weighted by molar-refractivity contribution is -0.153. The van der Waals surface area contributed by atoms with Crippen molar-refractivity contribution in [3.05, 3.63) is 29.8 Å². The van der Waals surface area contributed by atoms with Gasteiger partial charge in [-0.05, 0) is 45.2 Å². The molecule has 0 unspecified atom stereocenters. The molecular formula is C23H36N2O4S. The first-order valence-corrected chi connectivity index (χ1v) is 11.8. The largest absolute Gasteiger partial charge is 0.466 e. The van der Waals surface area contributed by atoms with Crippen LogP contribution in [0.5, 0.6) is 0 Å². The second-order valence-corrected chi connectivity index (χ2v) is 9.17. The lowest BCUT2D eigenvalue weighted by Gasteiger charge is -2.45. The number of carbonyl (C=O) groups excluding carboxylic acids is 2. The second kappa shape index (κ2) is 11.7. The summed E-state index contributed by atoms with van der Waals surface area (Å²) >= 11 is 1.61. The molecule has 0 aromatic heterocycles. The van der Waals surface area contributed by atoms with Crippen LogP contribution in [0.25, 0.3) is 0 Å². The molecule has 5 atom stereocenters. The van der Waals surface area contributed by atoms with Crippen molar-refractivity contribution in [3.8, 4) is 0 Å². The number of hydrogen-bond acceptors (Lipinski definition) is 6. The van der Waals surface area contributed by atoms with Crippen LogP contribution in [0, 0.1) is 12.8 Å². The Morgan fingerprint density at radius 2 is 1.83 bits per heavy atom. The lowest BCUT2D eigenvalue weighted by Crippen LogP contribution is -2.64. The Bertz CT molecular complexity index is 693. The molecule has 168 valence electrons. The predicted molar refractivity (Wildman–Crippen MR) is 120 cm³/mol. The van der Waals surface area contributed by atoms with Crippen LogP contribution in [0.3, 0.4) is 0 Å². The fourth-order valence-corrected chi connectivity index (χ4v) is 5.30. The van der Waals surface area contributed by atoms with E-state index in [9.17, 15) is 9.59 Å². The van der Waals surface area contributed by atoms with Gasteiger partial charge < -0.3 is 20.5 Å². The van der Waals surface area contributed by atoms with Crippen molar-refractivity contribution in [2.45, 2.75) is 88.3 Å². The van der Waals surface area contributed by atoms with E-state index in [0.29, 0.717) is 13.0 Å². The summed E-state index contributed by atoms with van der Waals surface area (Å²) in [5, 5.41) is 2.78. The Balaban J connectivity index is 2.44. The molecule has 1 aromatic carbocycles. The van der Waals surface area contributed by atoms with Gasteiger partial charge in [-0.2, -0.15) is 0 Å². The zero-order valence-electron chi connectivity index (χ0n) is 18.7. The molecule has 30 heavy (non-hydrogen) atoms. The summed E-state index contributed by atoms with van der Waals surface area (Å²) in [5.74, 6) is -0.810. The highest BCUT2D eigenvalue weighted by atomic mass is 32.2. The van der Waals surface area contributed by atoms with Gasteiger partial charge in [0.2, 0.25) is 5.91 Å². The average molecular weight is 437 g/mol.